The summed E-state index contributed by atoms with van der Waals surface area (Å²) in [5.74, 6) is 0.111. The minimum Gasteiger partial charge on any atom is -0.384 e. The lowest BCUT2D eigenvalue weighted by molar-refractivity contribution is 0.159. The van der Waals surface area contributed by atoms with Gasteiger partial charge >= 0.3 is 0 Å². The Labute approximate surface area is 143 Å². The van der Waals surface area contributed by atoms with Crippen molar-refractivity contribution in [2.75, 3.05) is 12.1 Å². The Morgan fingerprint density at radius 3 is 2.74 bits per heavy atom. The Hall–Kier alpha value is -1.79. The fourth-order valence-corrected chi connectivity index (χ4v) is 3.69. The lowest BCUT2D eigenvalue weighted by Gasteiger charge is -2.29. The zero-order valence-electron chi connectivity index (χ0n) is 12.3. The van der Waals surface area contributed by atoms with Crippen molar-refractivity contribution in [3.05, 3.63) is 57.1 Å². The average molecular weight is 349 g/mol. The highest BCUT2D eigenvalue weighted by Crippen LogP contribution is 2.47. The zero-order valence-corrected chi connectivity index (χ0v) is 13.8. The molecule has 0 radical (unpaired) electrons. The average Bonchev–Trinajstić information content (AvgIpc) is 2.99. The predicted octanol–water partition coefficient (Wildman–Crippen LogP) is 2.69. The van der Waals surface area contributed by atoms with Crippen molar-refractivity contribution in [2.45, 2.75) is 12.1 Å². The van der Waals surface area contributed by atoms with Gasteiger partial charge in [-0.15, -0.1) is 0 Å². The van der Waals surface area contributed by atoms with Crippen LogP contribution in [0.1, 0.15) is 16.7 Å². The summed E-state index contributed by atoms with van der Waals surface area (Å²) < 4.78 is 0. The highest BCUT2D eigenvalue weighted by Gasteiger charge is 2.45. The summed E-state index contributed by atoms with van der Waals surface area (Å²) in [7, 11) is 1.88. The van der Waals surface area contributed by atoms with Crippen LogP contribution in [0.25, 0.3) is 0 Å². The van der Waals surface area contributed by atoms with Crippen molar-refractivity contribution in [1.82, 2.24) is 5.43 Å². The van der Waals surface area contributed by atoms with Crippen LogP contribution in [0.5, 0.6) is 0 Å². The molecule has 0 aliphatic carbocycles. The molecule has 0 saturated carbocycles. The molecule has 2 aliphatic rings. The molecule has 2 aliphatic heterocycles. The number of hydrazine groups is 1. The van der Waals surface area contributed by atoms with Crippen LogP contribution < -0.4 is 16.2 Å². The molecule has 0 spiro atoms. The van der Waals surface area contributed by atoms with Crippen molar-refractivity contribution in [2.24, 2.45) is 10.7 Å². The first-order chi connectivity index (χ1) is 10.9. The number of fused-ring (bicyclic) bond motifs is 2. The molecule has 7 heteroatoms. The van der Waals surface area contributed by atoms with E-state index in [0.29, 0.717) is 33.4 Å². The molecule has 0 amide bonds. The van der Waals surface area contributed by atoms with Crippen molar-refractivity contribution < 1.29 is 5.11 Å². The minimum atomic E-state index is -1.56. The van der Waals surface area contributed by atoms with Gasteiger partial charge in [-0.1, -0.05) is 23.2 Å². The number of hydrogen-bond acceptors (Lipinski definition) is 5. The Balaban J connectivity index is 2.03. The maximum Gasteiger partial charge on any atom is 0.176 e. The van der Waals surface area contributed by atoms with Crippen LogP contribution >= 0.6 is 23.2 Å². The van der Waals surface area contributed by atoms with Gasteiger partial charge in [-0.3, -0.25) is 0 Å². The van der Waals surface area contributed by atoms with Crippen molar-refractivity contribution >= 4 is 40.4 Å². The summed E-state index contributed by atoms with van der Waals surface area (Å²) in [4.78, 5) is 4.31. The maximum atomic E-state index is 11.5. The summed E-state index contributed by atoms with van der Waals surface area (Å²) in [6.07, 6.45) is 0. The normalized spacial score (nSPS) is 22.1. The van der Waals surface area contributed by atoms with Crippen LogP contribution in [0.4, 0.5) is 11.4 Å². The second kappa shape index (κ2) is 4.85. The lowest BCUT2D eigenvalue weighted by Crippen LogP contribution is -2.41. The number of nitrogens with one attached hydrogen (secondary N) is 1. The molecule has 1 unspecified atom stereocenters. The molecule has 4 N–H and O–H groups in total. The molecule has 118 valence electrons. The summed E-state index contributed by atoms with van der Waals surface area (Å²) in [5, 5.41) is 14.4. The van der Waals surface area contributed by atoms with Gasteiger partial charge in [0.15, 0.2) is 5.60 Å². The third-order valence-electron chi connectivity index (χ3n) is 4.35. The summed E-state index contributed by atoms with van der Waals surface area (Å²) in [5.41, 5.74) is 11.4. The molecule has 0 saturated heterocycles. The Morgan fingerprint density at radius 2 is 1.96 bits per heavy atom. The van der Waals surface area contributed by atoms with Gasteiger partial charge < -0.3 is 15.8 Å². The van der Waals surface area contributed by atoms with Gasteiger partial charge in [0.25, 0.3) is 0 Å². The minimum absolute atomic E-state index is 0.111. The van der Waals surface area contributed by atoms with Gasteiger partial charge in [0.2, 0.25) is 0 Å². The molecule has 0 bridgehead atoms. The molecule has 4 rings (SSSR count). The van der Waals surface area contributed by atoms with E-state index in [0.717, 1.165) is 11.3 Å². The molecular weight excluding hydrogens is 335 g/mol. The number of benzene rings is 2. The number of rotatable bonds is 1. The van der Waals surface area contributed by atoms with Crippen LogP contribution in [0.3, 0.4) is 0 Å². The van der Waals surface area contributed by atoms with Gasteiger partial charge in [0, 0.05) is 34.8 Å². The molecule has 0 aromatic heterocycles. The van der Waals surface area contributed by atoms with E-state index in [1.807, 2.05) is 18.1 Å². The van der Waals surface area contributed by atoms with E-state index in [9.17, 15) is 5.11 Å². The standard InChI is InChI=1S/C16H14Cl2N4O/c1-22-14-8(7-20-22)4-10(18)6-12(14)16(23)11-5-9(17)2-3-13(11)21-15(16)19/h2-6,20,23H,7H2,1H3,(H2,19,21). The first-order valence-electron chi connectivity index (χ1n) is 7.08. The van der Waals surface area contributed by atoms with Gasteiger partial charge in [-0.2, -0.15) is 0 Å². The van der Waals surface area contributed by atoms with Crippen molar-refractivity contribution in [3.8, 4) is 0 Å². The lowest BCUT2D eigenvalue weighted by atomic mass is 9.84. The predicted molar refractivity (Wildman–Crippen MR) is 92.4 cm³/mol. The van der Waals surface area contributed by atoms with E-state index in [4.69, 9.17) is 28.9 Å². The second-order valence-corrected chi connectivity index (χ2v) is 6.60. The van der Waals surface area contributed by atoms with E-state index in [-0.39, 0.29) is 5.84 Å². The monoisotopic (exact) mass is 348 g/mol. The Bertz CT molecular complexity index is 867. The number of nitrogens with two attached hydrogens (primary N) is 1. The maximum absolute atomic E-state index is 11.5. The molecule has 2 heterocycles. The molecular formula is C16H14Cl2N4O. The third kappa shape index (κ3) is 1.98. The first-order valence-corrected chi connectivity index (χ1v) is 7.84. The van der Waals surface area contributed by atoms with E-state index in [1.165, 1.54) is 0 Å². The highest BCUT2D eigenvalue weighted by atomic mass is 35.5. The van der Waals surface area contributed by atoms with Crippen LogP contribution in [0.2, 0.25) is 10.0 Å². The number of halogens is 2. The summed E-state index contributed by atoms with van der Waals surface area (Å²) in [6, 6.07) is 8.76. The summed E-state index contributed by atoms with van der Waals surface area (Å²) in [6.45, 7) is 0.634. The SMILES string of the molecule is CN1NCc2cc(Cl)cc(C3(O)C(N)=Nc4ccc(Cl)cc43)c21. The molecule has 0 fully saturated rings. The molecule has 1 atom stereocenters. The van der Waals surface area contributed by atoms with Crippen LogP contribution in [-0.2, 0) is 12.1 Å². The van der Waals surface area contributed by atoms with E-state index < -0.39 is 5.60 Å². The van der Waals surface area contributed by atoms with Crippen LogP contribution in [0, 0.1) is 0 Å². The van der Waals surface area contributed by atoms with Crippen LogP contribution in [-0.4, -0.2) is 18.0 Å². The number of aliphatic imine (C=N–C) groups is 1. The molecule has 5 nitrogen and oxygen atoms in total. The Kier molecular flexibility index (Phi) is 3.12. The fourth-order valence-electron chi connectivity index (χ4n) is 3.27. The van der Waals surface area contributed by atoms with E-state index in [1.54, 1.807) is 24.3 Å². The van der Waals surface area contributed by atoms with E-state index in [2.05, 4.69) is 10.4 Å². The number of nitrogens with zero attached hydrogens (tertiary/aromatic N) is 2. The topological polar surface area (TPSA) is 73.9 Å². The number of aliphatic hydroxyl groups is 1. The highest BCUT2D eigenvalue weighted by molar-refractivity contribution is 6.31. The number of hydrogen-bond donors (Lipinski definition) is 3. The zero-order chi connectivity index (χ0) is 16.4. The first kappa shape index (κ1) is 14.8. The molecule has 2 aromatic carbocycles. The quantitative estimate of drug-likeness (QED) is 0.740. The van der Waals surface area contributed by atoms with Crippen molar-refractivity contribution in [3.63, 3.8) is 0 Å². The van der Waals surface area contributed by atoms with E-state index >= 15 is 0 Å². The van der Waals surface area contributed by atoms with Gasteiger partial charge in [0.1, 0.15) is 5.84 Å². The third-order valence-corrected chi connectivity index (χ3v) is 4.80. The number of anilines is 1. The Morgan fingerprint density at radius 1 is 1.22 bits per heavy atom. The largest absolute Gasteiger partial charge is 0.384 e. The smallest absolute Gasteiger partial charge is 0.176 e. The molecule has 23 heavy (non-hydrogen) atoms. The number of amidine groups is 1. The molecule has 2 aromatic rings. The van der Waals surface area contributed by atoms with Crippen LogP contribution in [0.15, 0.2) is 35.3 Å². The van der Waals surface area contributed by atoms with Gasteiger partial charge in [-0.05, 0) is 35.9 Å². The second-order valence-electron chi connectivity index (χ2n) is 5.72. The van der Waals surface area contributed by atoms with Gasteiger partial charge in [-0.25, -0.2) is 10.4 Å². The van der Waals surface area contributed by atoms with Gasteiger partial charge in [0.05, 0.1) is 11.4 Å². The summed E-state index contributed by atoms with van der Waals surface area (Å²) >= 11 is 12.4. The van der Waals surface area contributed by atoms with Crippen molar-refractivity contribution in [1.29, 1.82) is 0 Å². The fraction of sp³-hybridized carbons (Fsp3) is 0.188.